The Morgan fingerprint density at radius 1 is 1.33 bits per heavy atom. The molecule has 0 aliphatic carbocycles. The molecule has 0 saturated carbocycles. The van der Waals surface area contributed by atoms with Crippen molar-refractivity contribution < 1.29 is 13.2 Å². The molecular formula is C12H17Cl2N3O3S. The highest BCUT2D eigenvalue weighted by molar-refractivity contribution is 7.89. The number of halogens is 2. The zero-order valence-electron chi connectivity index (χ0n) is 11.6. The normalized spacial score (nSPS) is 11.7. The smallest absolute Gasteiger partial charge is 0.242 e. The molecule has 1 amide bonds. The van der Waals surface area contributed by atoms with Gasteiger partial charge >= 0.3 is 0 Å². The van der Waals surface area contributed by atoms with E-state index in [1.54, 1.807) is 0 Å². The third-order valence-electron chi connectivity index (χ3n) is 2.47. The van der Waals surface area contributed by atoms with Crippen molar-refractivity contribution in [1.82, 2.24) is 10.0 Å². The highest BCUT2D eigenvalue weighted by Gasteiger charge is 2.20. The molecule has 0 heterocycles. The highest BCUT2D eigenvalue weighted by Crippen LogP contribution is 2.32. The van der Waals surface area contributed by atoms with Crippen LogP contribution in [0.2, 0.25) is 10.0 Å². The first-order chi connectivity index (χ1) is 9.65. The molecule has 118 valence electrons. The summed E-state index contributed by atoms with van der Waals surface area (Å²) in [7, 11) is -3.85. The minimum absolute atomic E-state index is 0.000356. The molecule has 1 aromatic rings. The number of nitrogens with two attached hydrogens (primary N) is 1. The molecule has 0 radical (unpaired) electrons. The number of anilines is 1. The molecule has 0 bridgehead atoms. The van der Waals surface area contributed by atoms with Crippen LogP contribution in [0.1, 0.15) is 20.3 Å². The molecule has 4 N–H and O–H groups in total. The Morgan fingerprint density at radius 3 is 2.52 bits per heavy atom. The molecule has 6 nitrogen and oxygen atoms in total. The van der Waals surface area contributed by atoms with Crippen molar-refractivity contribution in [2.75, 3.05) is 12.3 Å². The fraction of sp³-hybridized carbons (Fsp3) is 0.417. The van der Waals surface area contributed by atoms with Gasteiger partial charge in [-0.15, -0.1) is 0 Å². The maximum Gasteiger partial charge on any atom is 0.242 e. The van der Waals surface area contributed by atoms with Gasteiger partial charge in [-0.05, 0) is 26.0 Å². The first kappa shape index (κ1) is 18.0. The summed E-state index contributed by atoms with van der Waals surface area (Å²) in [6.45, 7) is 3.59. The van der Waals surface area contributed by atoms with E-state index >= 15 is 0 Å². The lowest BCUT2D eigenvalue weighted by Crippen LogP contribution is -2.34. The number of rotatable bonds is 6. The summed E-state index contributed by atoms with van der Waals surface area (Å²) in [6, 6.07) is 2.61. The summed E-state index contributed by atoms with van der Waals surface area (Å²) in [6.07, 6.45) is 0.0259. The second kappa shape index (κ2) is 7.31. The number of carbonyl (C=O) groups is 1. The van der Waals surface area contributed by atoms with E-state index in [4.69, 9.17) is 28.9 Å². The van der Waals surface area contributed by atoms with Gasteiger partial charge in [-0.25, -0.2) is 13.1 Å². The lowest BCUT2D eigenvalue weighted by molar-refractivity contribution is -0.121. The van der Waals surface area contributed by atoms with Crippen molar-refractivity contribution in [3.63, 3.8) is 0 Å². The Bertz CT molecular complexity index is 633. The van der Waals surface area contributed by atoms with E-state index in [9.17, 15) is 13.2 Å². The molecule has 0 aliphatic heterocycles. The van der Waals surface area contributed by atoms with E-state index in [2.05, 4.69) is 10.0 Å². The molecule has 0 fully saturated rings. The number of sulfonamides is 1. The number of nitrogens with one attached hydrogen (secondary N) is 2. The maximum absolute atomic E-state index is 12.1. The number of hydrogen-bond acceptors (Lipinski definition) is 4. The zero-order chi connectivity index (χ0) is 16.2. The SMILES string of the molecule is CC(C)NC(=O)CCNS(=O)(=O)c1ccc(Cl)c(N)c1Cl. The Labute approximate surface area is 134 Å². The molecule has 0 saturated heterocycles. The number of benzene rings is 1. The number of nitrogen functional groups attached to an aromatic ring is 1. The number of carbonyl (C=O) groups excluding carboxylic acids is 1. The van der Waals surface area contributed by atoms with Gasteiger partial charge in [0, 0.05) is 19.0 Å². The van der Waals surface area contributed by atoms with E-state index < -0.39 is 10.0 Å². The Balaban J connectivity index is 2.75. The predicted molar refractivity (Wildman–Crippen MR) is 84.0 cm³/mol. The van der Waals surface area contributed by atoms with Crippen LogP contribution in [0.15, 0.2) is 17.0 Å². The molecule has 0 spiro atoms. The van der Waals surface area contributed by atoms with Crippen molar-refractivity contribution in [3.8, 4) is 0 Å². The van der Waals surface area contributed by atoms with Gasteiger partial charge in [0.25, 0.3) is 0 Å². The Morgan fingerprint density at radius 2 is 1.95 bits per heavy atom. The van der Waals surface area contributed by atoms with Gasteiger partial charge in [-0.3, -0.25) is 4.79 Å². The largest absolute Gasteiger partial charge is 0.396 e. The molecule has 0 unspecified atom stereocenters. The van der Waals surface area contributed by atoms with Crippen LogP contribution in [0.5, 0.6) is 0 Å². The van der Waals surface area contributed by atoms with Crippen LogP contribution in [-0.4, -0.2) is 26.9 Å². The van der Waals surface area contributed by atoms with Crippen LogP contribution in [0.4, 0.5) is 5.69 Å². The summed E-state index contributed by atoms with van der Waals surface area (Å²) in [4.78, 5) is 11.3. The van der Waals surface area contributed by atoms with Gasteiger partial charge in [0.2, 0.25) is 15.9 Å². The summed E-state index contributed by atoms with van der Waals surface area (Å²) in [5.74, 6) is -0.241. The van der Waals surface area contributed by atoms with Crippen LogP contribution in [0.25, 0.3) is 0 Å². The molecular weight excluding hydrogens is 337 g/mol. The minimum Gasteiger partial charge on any atom is -0.396 e. The molecule has 9 heteroatoms. The topological polar surface area (TPSA) is 101 Å². The van der Waals surface area contributed by atoms with Crippen molar-refractivity contribution in [2.24, 2.45) is 0 Å². The second-order valence-electron chi connectivity index (χ2n) is 4.64. The van der Waals surface area contributed by atoms with Gasteiger partial charge in [0.1, 0.15) is 4.90 Å². The van der Waals surface area contributed by atoms with E-state index in [1.165, 1.54) is 12.1 Å². The van der Waals surface area contributed by atoms with Crippen molar-refractivity contribution in [3.05, 3.63) is 22.2 Å². The van der Waals surface area contributed by atoms with Gasteiger partial charge < -0.3 is 11.1 Å². The second-order valence-corrected chi connectivity index (χ2v) is 7.16. The number of amides is 1. The Kier molecular flexibility index (Phi) is 6.27. The van der Waals surface area contributed by atoms with Crippen LogP contribution in [0.3, 0.4) is 0 Å². The fourth-order valence-corrected chi connectivity index (χ4v) is 3.32. The molecule has 1 rings (SSSR count). The van der Waals surface area contributed by atoms with E-state index in [0.29, 0.717) is 0 Å². The van der Waals surface area contributed by atoms with Crippen LogP contribution in [0, 0.1) is 0 Å². The van der Waals surface area contributed by atoms with E-state index in [-0.39, 0.29) is 45.5 Å². The van der Waals surface area contributed by atoms with Crippen LogP contribution in [-0.2, 0) is 14.8 Å². The third kappa shape index (κ3) is 5.03. The highest BCUT2D eigenvalue weighted by atomic mass is 35.5. The van der Waals surface area contributed by atoms with Gasteiger partial charge in [0.15, 0.2) is 0 Å². The van der Waals surface area contributed by atoms with Crippen LogP contribution >= 0.6 is 23.2 Å². The first-order valence-electron chi connectivity index (χ1n) is 6.17. The van der Waals surface area contributed by atoms with E-state index in [1.807, 2.05) is 13.8 Å². The van der Waals surface area contributed by atoms with Gasteiger partial charge in [-0.1, -0.05) is 23.2 Å². The molecule has 0 aromatic heterocycles. The molecule has 1 aromatic carbocycles. The number of hydrogen-bond donors (Lipinski definition) is 3. The van der Waals surface area contributed by atoms with Gasteiger partial charge in [0.05, 0.1) is 15.7 Å². The van der Waals surface area contributed by atoms with Crippen molar-refractivity contribution in [1.29, 1.82) is 0 Å². The van der Waals surface area contributed by atoms with Crippen molar-refractivity contribution >= 4 is 44.8 Å². The average molecular weight is 354 g/mol. The summed E-state index contributed by atoms with van der Waals surface area (Å²) < 4.78 is 26.5. The minimum atomic E-state index is -3.85. The summed E-state index contributed by atoms with van der Waals surface area (Å²) >= 11 is 11.6. The quantitative estimate of drug-likeness (QED) is 0.678. The molecule has 0 atom stereocenters. The zero-order valence-corrected chi connectivity index (χ0v) is 13.9. The summed E-state index contributed by atoms with van der Waals surface area (Å²) in [5.41, 5.74) is 5.59. The fourth-order valence-electron chi connectivity index (χ4n) is 1.53. The predicted octanol–water partition coefficient (Wildman–Crippen LogP) is 1.77. The molecule has 0 aliphatic rings. The average Bonchev–Trinajstić information content (AvgIpc) is 2.34. The standard InChI is InChI=1S/C12H17Cl2N3O3S/c1-7(2)17-10(18)5-6-16-21(19,20)9-4-3-8(13)12(15)11(9)14/h3-4,7,16H,5-6,15H2,1-2H3,(H,17,18). The monoisotopic (exact) mass is 353 g/mol. The van der Waals surface area contributed by atoms with E-state index in [0.717, 1.165) is 0 Å². The van der Waals surface area contributed by atoms with Gasteiger partial charge in [-0.2, -0.15) is 0 Å². The third-order valence-corrected chi connectivity index (χ3v) is 4.83. The first-order valence-corrected chi connectivity index (χ1v) is 8.41. The summed E-state index contributed by atoms with van der Waals surface area (Å²) in [5, 5.41) is 2.70. The molecule has 21 heavy (non-hydrogen) atoms. The lowest BCUT2D eigenvalue weighted by Gasteiger charge is -2.11. The lowest BCUT2D eigenvalue weighted by atomic mass is 10.3. The maximum atomic E-state index is 12.1. The Hall–Kier alpha value is -1.02. The van der Waals surface area contributed by atoms with Crippen LogP contribution < -0.4 is 15.8 Å². The van der Waals surface area contributed by atoms with Crippen molar-refractivity contribution in [2.45, 2.75) is 31.2 Å².